The van der Waals surface area contributed by atoms with Crippen molar-refractivity contribution in [3.8, 4) is 16.9 Å². The van der Waals surface area contributed by atoms with Crippen LogP contribution in [0.25, 0.3) is 11.1 Å². The summed E-state index contributed by atoms with van der Waals surface area (Å²) in [6, 6.07) is 30.4. The summed E-state index contributed by atoms with van der Waals surface area (Å²) in [7, 11) is 0. The lowest BCUT2D eigenvalue weighted by Crippen LogP contribution is -2.35. The number of hydrogen-bond acceptors (Lipinski definition) is 4. The number of carbonyl (C=O) groups is 3. The molecule has 5 rings (SSSR count). The van der Waals surface area contributed by atoms with E-state index in [0.717, 1.165) is 36.1 Å². The second-order valence-corrected chi connectivity index (χ2v) is 11.0. The molecule has 226 valence electrons. The number of hydrogen-bond donors (Lipinski definition) is 2. The van der Waals surface area contributed by atoms with E-state index in [9.17, 15) is 19.5 Å². The molecule has 0 aromatic heterocycles. The highest BCUT2D eigenvalue weighted by molar-refractivity contribution is 6.06. The van der Waals surface area contributed by atoms with Crippen LogP contribution in [-0.2, 0) is 17.6 Å². The lowest BCUT2D eigenvalue weighted by Gasteiger charge is -2.27. The molecule has 2 amide bonds. The number of fused-ring (bicyclic) bond motifs is 1. The molecule has 1 aliphatic rings. The van der Waals surface area contributed by atoms with Gasteiger partial charge in [0, 0.05) is 24.2 Å². The highest BCUT2D eigenvalue weighted by Crippen LogP contribution is 2.32. The highest BCUT2D eigenvalue weighted by Gasteiger charge is 2.25. The summed E-state index contributed by atoms with van der Waals surface area (Å²) in [4.78, 5) is 40.9. The Morgan fingerprint density at radius 1 is 0.841 bits per heavy atom. The first-order chi connectivity index (χ1) is 21.4. The zero-order valence-electron chi connectivity index (χ0n) is 25.0. The molecule has 4 aromatic carbocycles. The zero-order valence-corrected chi connectivity index (χ0v) is 25.0. The number of rotatable bonds is 12. The van der Waals surface area contributed by atoms with Crippen molar-refractivity contribution >= 4 is 17.8 Å². The van der Waals surface area contributed by atoms with Crippen LogP contribution >= 0.6 is 0 Å². The maximum atomic E-state index is 14.1. The molecule has 0 spiro atoms. The van der Waals surface area contributed by atoms with Gasteiger partial charge in [-0.25, -0.2) is 0 Å². The van der Waals surface area contributed by atoms with Crippen LogP contribution < -0.4 is 10.1 Å². The number of benzene rings is 4. The first kappa shape index (κ1) is 30.5. The monoisotopic (exact) mass is 590 g/mol. The summed E-state index contributed by atoms with van der Waals surface area (Å²) >= 11 is 0. The minimum absolute atomic E-state index is 0.0722. The number of nitrogens with one attached hydrogen (secondary N) is 1. The van der Waals surface area contributed by atoms with Crippen LogP contribution in [0.15, 0.2) is 97.1 Å². The van der Waals surface area contributed by atoms with Crippen molar-refractivity contribution in [1.82, 2.24) is 10.2 Å². The van der Waals surface area contributed by atoms with E-state index in [1.807, 2.05) is 73.7 Å². The van der Waals surface area contributed by atoms with Gasteiger partial charge in [-0.15, -0.1) is 0 Å². The largest absolute Gasteiger partial charge is 0.494 e. The first-order valence-electron chi connectivity index (χ1n) is 15.2. The van der Waals surface area contributed by atoms with Gasteiger partial charge in [0.2, 0.25) is 0 Å². The highest BCUT2D eigenvalue weighted by atomic mass is 16.5. The molecule has 0 saturated carbocycles. The van der Waals surface area contributed by atoms with Gasteiger partial charge in [-0.3, -0.25) is 14.4 Å². The Balaban J connectivity index is 1.40. The van der Waals surface area contributed by atoms with Crippen molar-refractivity contribution in [2.75, 3.05) is 19.7 Å². The van der Waals surface area contributed by atoms with Crippen LogP contribution in [0.4, 0.5) is 0 Å². The van der Waals surface area contributed by atoms with E-state index in [0.29, 0.717) is 41.8 Å². The van der Waals surface area contributed by atoms with Crippen LogP contribution in [0.1, 0.15) is 69.6 Å². The SMILES string of the molecule is CCOc1ccc(CCN(CCC(=O)O)C(=O)c2ccccc2-c2ccccc2C(=O)NC2CCCc3ccccc32)cc1. The Hall–Kier alpha value is -4.91. The predicted octanol–water partition coefficient (Wildman–Crippen LogP) is 6.72. The lowest BCUT2D eigenvalue weighted by molar-refractivity contribution is -0.137. The topological polar surface area (TPSA) is 95.9 Å². The Morgan fingerprint density at radius 3 is 2.23 bits per heavy atom. The minimum Gasteiger partial charge on any atom is -0.494 e. The second-order valence-electron chi connectivity index (χ2n) is 11.0. The summed E-state index contributed by atoms with van der Waals surface area (Å²) in [5.74, 6) is -0.658. The molecule has 44 heavy (non-hydrogen) atoms. The minimum atomic E-state index is -0.969. The number of nitrogens with zero attached hydrogens (tertiary/aromatic N) is 1. The molecule has 2 N–H and O–H groups in total. The molecule has 0 saturated heterocycles. The smallest absolute Gasteiger partial charge is 0.305 e. The molecule has 0 aliphatic heterocycles. The van der Waals surface area contributed by atoms with Gasteiger partial charge < -0.3 is 20.1 Å². The maximum absolute atomic E-state index is 14.1. The van der Waals surface area contributed by atoms with Crippen molar-refractivity contribution in [3.05, 3.63) is 125 Å². The van der Waals surface area contributed by atoms with E-state index in [-0.39, 0.29) is 30.8 Å². The molecule has 0 radical (unpaired) electrons. The summed E-state index contributed by atoms with van der Waals surface area (Å²) in [5, 5.41) is 12.7. The van der Waals surface area contributed by atoms with Gasteiger partial charge in [-0.2, -0.15) is 0 Å². The Bertz CT molecular complexity index is 1610. The normalized spacial score (nSPS) is 13.9. The van der Waals surface area contributed by atoms with Crippen LogP contribution in [0.2, 0.25) is 0 Å². The molecule has 0 heterocycles. The van der Waals surface area contributed by atoms with Crippen LogP contribution in [-0.4, -0.2) is 47.5 Å². The van der Waals surface area contributed by atoms with Crippen LogP contribution in [0.3, 0.4) is 0 Å². The van der Waals surface area contributed by atoms with Gasteiger partial charge >= 0.3 is 5.97 Å². The number of carboxylic acid groups (broad SMARTS) is 1. The summed E-state index contributed by atoms with van der Waals surface area (Å²) in [5.41, 5.74) is 5.63. The Kier molecular flexibility index (Phi) is 10.1. The molecule has 1 atom stereocenters. The number of aliphatic carboxylic acids is 1. The molecule has 0 bridgehead atoms. The molecule has 7 nitrogen and oxygen atoms in total. The molecule has 0 fully saturated rings. The Labute approximate surface area is 258 Å². The quantitative estimate of drug-likeness (QED) is 0.191. The molecule has 4 aromatic rings. The molecule has 7 heteroatoms. The fourth-order valence-corrected chi connectivity index (χ4v) is 5.86. The third-order valence-corrected chi connectivity index (χ3v) is 8.08. The molecule has 1 aliphatic carbocycles. The van der Waals surface area contributed by atoms with E-state index >= 15 is 0 Å². The summed E-state index contributed by atoms with van der Waals surface area (Å²) in [6.07, 6.45) is 3.27. The van der Waals surface area contributed by atoms with Crippen LogP contribution in [0, 0.1) is 0 Å². The fourth-order valence-electron chi connectivity index (χ4n) is 5.86. The van der Waals surface area contributed by atoms with Gasteiger partial charge in [0.15, 0.2) is 0 Å². The standard InChI is InChI=1S/C37H38N2O5/c1-2-44-28-20-18-26(19-21-28)22-24-39(25-23-35(40)41)37(43)33-16-8-6-14-31(33)30-13-5-7-15-32(30)36(42)38-34-17-9-11-27-10-3-4-12-29(27)34/h3-8,10,12-16,18-21,34H,2,9,11,17,22-25H2,1H3,(H,38,42)(H,40,41). The van der Waals surface area contributed by atoms with Gasteiger partial charge in [0.05, 0.1) is 19.1 Å². The second kappa shape index (κ2) is 14.5. The number of ether oxygens (including phenoxy) is 1. The van der Waals surface area contributed by atoms with Gasteiger partial charge in [-0.05, 0) is 84.7 Å². The van der Waals surface area contributed by atoms with E-state index in [1.165, 1.54) is 5.56 Å². The number of carbonyl (C=O) groups excluding carboxylic acids is 2. The summed E-state index contributed by atoms with van der Waals surface area (Å²) < 4.78 is 5.53. The number of aryl methyl sites for hydroxylation is 1. The van der Waals surface area contributed by atoms with Crippen molar-refractivity contribution in [2.45, 2.75) is 45.1 Å². The van der Waals surface area contributed by atoms with Crippen molar-refractivity contribution in [3.63, 3.8) is 0 Å². The van der Waals surface area contributed by atoms with E-state index in [1.54, 1.807) is 23.1 Å². The maximum Gasteiger partial charge on any atom is 0.305 e. The molecular formula is C37H38N2O5. The van der Waals surface area contributed by atoms with E-state index < -0.39 is 5.97 Å². The third kappa shape index (κ3) is 7.35. The van der Waals surface area contributed by atoms with Gasteiger partial charge in [-0.1, -0.05) is 72.8 Å². The molecular weight excluding hydrogens is 552 g/mol. The average Bonchev–Trinajstić information content (AvgIpc) is 3.05. The third-order valence-electron chi connectivity index (χ3n) is 8.08. The predicted molar refractivity (Wildman–Crippen MR) is 171 cm³/mol. The van der Waals surface area contributed by atoms with Crippen molar-refractivity contribution in [2.24, 2.45) is 0 Å². The number of amides is 2. The van der Waals surface area contributed by atoms with Gasteiger partial charge in [0.1, 0.15) is 5.75 Å². The average molecular weight is 591 g/mol. The fraction of sp³-hybridized carbons (Fsp3) is 0.270. The zero-order chi connectivity index (χ0) is 30.9. The van der Waals surface area contributed by atoms with E-state index in [4.69, 9.17) is 4.74 Å². The molecule has 1 unspecified atom stereocenters. The lowest BCUT2D eigenvalue weighted by atomic mass is 9.87. The van der Waals surface area contributed by atoms with E-state index in [2.05, 4.69) is 17.4 Å². The van der Waals surface area contributed by atoms with Crippen LogP contribution in [0.5, 0.6) is 5.75 Å². The van der Waals surface area contributed by atoms with Crippen molar-refractivity contribution in [1.29, 1.82) is 0 Å². The number of carboxylic acids is 1. The Morgan fingerprint density at radius 2 is 1.50 bits per heavy atom. The van der Waals surface area contributed by atoms with Crippen molar-refractivity contribution < 1.29 is 24.2 Å². The summed E-state index contributed by atoms with van der Waals surface area (Å²) in [6.45, 7) is 2.92. The first-order valence-corrected chi connectivity index (χ1v) is 15.2. The van der Waals surface area contributed by atoms with Gasteiger partial charge in [0.25, 0.3) is 11.8 Å².